The number of ether oxygens (including phenoxy) is 1. The minimum Gasteiger partial charge on any atom is -0.372 e. The van der Waals surface area contributed by atoms with E-state index in [1.165, 1.54) is 6.07 Å². The van der Waals surface area contributed by atoms with Gasteiger partial charge in [-0.2, -0.15) is 0 Å². The van der Waals surface area contributed by atoms with Crippen molar-refractivity contribution in [2.75, 3.05) is 31.6 Å². The van der Waals surface area contributed by atoms with Gasteiger partial charge >= 0.3 is 0 Å². The van der Waals surface area contributed by atoms with Crippen molar-refractivity contribution in [3.8, 4) is 0 Å². The van der Waals surface area contributed by atoms with Gasteiger partial charge in [-0.1, -0.05) is 0 Å². The lowest BCUT2D eigenvalue weighted by molar-refractivity contribution is -0.0277. The molecule has 0 spiro atoms. The van der Waals surface area contributed by atoms with Crippen LogP contribution in [0.1, 0.15) is 19.4 Å². The molecule has 1 aromatic carbocycles. The van der Waals surface area contributed by atoms with E-state index in [2.05, 4.69) is 24.1 Å². The largest absolute Gasteiger partial charge is 0.372 e. The second kappa shape index (κ2) is 5.24. The van der Waals surface area contributed by atoms with Crippen LogP contribution in [0.3, 0.4) is 0 Å². The molecule has 0 amide bonds. The van der Waals surface area contributed by atoms with Gasteiger partial charge in [0, 0.05) is 25.3 Å². The number of morpholine rings is 1. The summed E-state index contributed by atoms with van der Waals surface area (Å²) >= 11 is 0. The summed E-state index contributed by atoms with van der Waals surface area (Å²) in [6, 6.07) is 4.99. The highest BCUT2D eigenvalue weighted by atomic mass is 19.1. The maximum atomic E-state index is 13.3. The van der Waals surface area contributed by atoms with Crippen LogP contribution in [-0.4, -0.2) is 32.3 Å². The zero-order valence-electron chi connectivity index (χ0n) is 11.3. The molecular weight excluding hydrogens is 231 g/mol. The molecule has 3 nitrogen and oxygen atoms in total. The molecule has 0 saturated carbocycles. The van der Waals surface area contributed by atoms with Gasteiger partial charge in [-0.3, -0.25) is 0 Å². The second-order valence-electron chi connectivity index (χ2n) is 5.33. The molecule has 0 unspecified atom stereocenters. The Morgan fingerprint density at radius 2 is 2.22 bits per heavy atom. The molecule has 4 heteroatoms. The first-order chi connectivity index (χ1) is 8.52. The Hall–Kier alpha value is -1.13. The van der Waals surface area contributed by atoms with Crippen LogP contribution in [0.5, 0.6) is 0 Å². The van der Waals surface area contributed by atoms with Gasteiger partial charge < -0.3 is 15.0 Å². The van der Waals surface area contributed by atoms with Crippen LogP contribution in [0.25, 0.3) is 0 Å². The SMILES string of the molecule is CNCc1cc(F)ccc1N1CCOC(C)(C)C1. The smallest absolute Gasteiger partial charge is 0.123 e. The Bertz CT molecular complexity index is 420. The fourth-order valence-corrected chi connectivity index (χ4v) is 2.42. The predicted octanol–water partition coefficient (Wildman–Crippen LogP) is 2.16. The topological polar surface area (TPSA) is 24.5 Å². The van der Waals surface area contributed by atoms with Crippen molar-refractivity contribution < 1.29 is 9.13 Å². The average Bonchev–Trinajstić information content (AvgIpc) is 2.28. The average molecular weight is 252 g/mol. The van der Waals surface area contributed by atoms with Crippen LogP contribution in [-0.2, 0) is 11.3 Å². The molecule has 0 aliphatic carbocycles. The first-order valence-corrected chi connectivity index (χ1v) is 6.34. The van der Waals surface area contributed by atoms with E-state index in [-0.39, 0.29) is 11.4 Å². The lowest BCUT2D eigenvalue weighted by Gasteiger charge is -2.40. The van der Waals surface area contributed by atoms with Gasteiger partial charge in [-0.25, -0.2) is 4.39 Å². The zero-order valence-corrected chi connectivity index (χ0v) is 11.3. The summed E-state index contributed by atoms with van der Waals surface area (Å²) in [6.45, 7) is 7.23. The van der Waals surface area contributed by atoms with Crippen molar-refractivity contribution >= 4 is 5.69 Å². The van der Waals surface area contributed by atoms with E-state index in [0.717, 1.165) is 24.3 Å². The Labute approximate surface area is 108 Å². The molecular formula is C14H21FN2O. The first kappa shape index (κ1) is 13.3. The third kappa shape index (κ3) is 3.00. The summed E-state index contributed by atoms with van der Waals surface area (Å²) in [7, 11) is 1.87. The van der Waals surface area contributed by atoms with Crippen molar-refractivity contribution in [2.24, 2.45) is 0 Å². The number of benzene rings is 1. The van der Waals surface area contributed by atoms with Crippen molar-refractivity contribution in [3.63, 3.8) is 0 Å². The summed E-state index contributed by atoms with van der Waals surface area (Å²) in [4.78, 5) is 2.27. The van der Waals surface area contributed by atoms with Gasteiger partial charge in [0.15, 0.2) is 0 Å². The van der Waals surface area contributed by atoms with Gasteiger partial charge in [-0.15, -0.1) is 0 Å². The molecule has 1 fully saturated rings. The number of nitrogens with zero attached hydrogens (tertiary/aromatic N) is 1. The molecule has 0 bridgehead atoms. The number of nitrogens with one attached hydrogen (secondary N) is 1. The van der Waals surface area contributed by atoms with E-state index in [4.69, 9.17) is 4.74 Å². The van der Waals surface area contributed by atoms with Gasteiger partial charge in [0.05, 0.1) is 12.2 Å². The molecule has 1 aliphatic rings. The molecule has 0 atom stereocenters. The highest BCUT2D eigenvalue weighted by molar-refractivity contribution is 5.54. The van der Waals surface area contributed by atoms with Crippen LogP contribution < -0.4 is 10.2 Å². The molecule has 0 radical (unpaired) electrons. The van der Waals surface area contributed by atoms with Gasteiger partial charge in [-0.05, 0) is 44.7 Å². The van der Waals surface area contributed by atoms with Crippen molar-refractivity contribution in [2.45, 2.75) is 26.0 Å². The molecule has 0 aromatic heterocycles. The minimum atomic E-state index is -0.184. The maximum Gasteiger partial charge on any atom is 0.123 e. The van der Waals surface area contributed by atoms with Crippen LogP contribution >= 0.6 is 0 Å². The molecule has 2 rings (SSSR count). The Balaban J connectivity index is 2.26. The number of anilines is 1. The zero-order chi connectivity index (χ0) is 13.2. The second-order valence-corrected chi connectivity index (χ2v) is 5.33. The third-order valence-corrected chi connectivity index (χ3v) is 3.18. The Morgan fingerprint density at radius 3 is 2.89 bits per heavy atom. The first-order valence-electron chi connectivity index (χ1n) is 6.34. The Kier molecular flexibility index (Phi) is 3.88. The fourth-order valence-electron chi connectivity index (χ4n) is 2.42. The lowest BCUT2D eigenvalue weighted by Crippen LogP contribution is -2.48. The normalized spacial score (nSPS) is 19.0. The third-order valence-electron chi connectivity index (χ3n) is 3.18. The standard InChI is InChI=1S/C14H21FN2O/c1-14(2)10-17(6-7-18-14)13-5-4-12(15)8-11(13)9-16-3/h4-5,8,16H,6-7,9-10H2,1-3H3. The quantitative estimate of drug-likeness (QED) is 0.892. The van der Waals surface area contributed by atoms with Crippen molar-refractivity contribution in [1.82, 2.24) is 5.32 Å². The van der Waals surface area contributed by atoms with E-state index < -0.39 is 0 Å². The summed E-state index contributed by atoms with van der Waals surface area (Å²) < 4.78 is 19.0. The molecule has 1 heterocycles. The summed E-state index contributed by atoms with van der Waals surface area (Å²) in [5, 5.41) is 3.09. The molecule has 1 aliphatic heterocycles. The van der Waals surface area contributed by atoms with Gasteiger partial charge in [0.1, 0.15) is 5.82 Å². The summed E-state index contributed by atoms with van der Waals surface area (Å²) in [5.74, 6) is -0.184. The highest BCUT2D eigenvalue weighted by Gasteiger charge is 2.28. The summed E-state index contributed by atoms with van der Waals surface area (Å²) in [5.41, 5.74) is 1.95. The van der Waals surface area contributed by atoms with Crippen molar-refractivity contribution in [1.29, 1.82) is 0 Å². The fraction of sp³-hybridized carbons (Fsp3) is 0.571. The van der Waals surface area contributed by atoms with E-state index in [0.29, 0.717) is 13.2 Å². The van der Waals surface area contributed by atoms with E-state index in [1.807, 2.05) is 13.1 Å². The molecule has 100 valence electrons. The highest BCUT2D eigenvalue weighted by Crippen LogP contribution is 2.26. The monoisotopic (exact) mass is 252 g/mol. The van der Waals surface area contributed by atoms with Gasteiger partial charge in [0.2, 0.25) is 0 Å². The number of halogens is 1. The minimum absolute atomic E-state index is 0.149. The Morgan fingerprint density at radius 1 is 1.44 bits per heavy atom. The number of rotatable bonds is 3. The van der Waals surface area contributed by atoms with Crippen LogP contribution in [0.4, 0.5) is 10.1 Å². The van der Waals surface area contributed by atoms with Crippen molar-refractivity contribution in [3.05, 3.63) is 29.6 Å². The van der Waals surface area contributed by atoms with Gasteiger partial charge in [0.25, 0.3) is 0 Å². The number of hydrogen-bond acceptors (Lipinski definition) is 3. The van der Waals surface area contributed by atoms with E-state index >= 15 is 0 Å². The predicted molar refractivity (Wildman–Crippen MR) is 71.4 cm³/mol. The van der Waals surface area contributed by atoms with Crippen LogP contribution in [0, 0.1) is 5.82 Å². The maximum absolute atomic E-state index is 13.3. The molecule has 1 aromatic rings. The van der Waals surface area contributed by atoms with Crippen LogP contribution in [0.15, 0.2) is 18.2 Å². The molecule has 1 saturated heterocycles. The lowest BCUT2D eigenvalue weighted by atomic mass is 10.0. The van der Waals surface area contributed by atoms with E-state index in [1.54, 1.807) is 6.07 Å². The molecule has 18 heavy (non-hydrogen) atoms. The molecule has 1 N–H and O–H groups in total. The van der Waals surface area contributed by atoms with Crippen LogP contribution in [0.2, 0.25) is 0 Å². The summed E-state index contributed by atoms with van der Waals surface area (Å²) in [6.07, 6.45) is 0. The number of hydrogen-bond donors (Lipinski definition) is 1. The van der Waals surface area contributed by atoms with E-state index in [9.17, 15) is 4.39 Å².